The fourth-order valence-corrected chi connectivity index (χ4v) is 3.61. The van der Waals surface area contributed by atoms with Gasteiger partial charge in [-0.05, 0) is 60.2 Å². The van der Waals surface area contributed by atoms with Crippen LogP contribution in [-0.4, -0.2) is 41.6 Å². The van der Waals surface area contributed by atoms with Gasteiger partial charge in [-0.1, -0.05) is 35.9 Å². The Morgan fingerprint density at radius 3 is 2.69 bits per heavy atom. The highest BCUT2D eigenvalue weighted by Crippen LogP contribution is 2.32. The molecule has 6 nitrogen and oxygen atoms in total. The van der Waals surface area contributed by atoms with Gasteiger partial charge in [0.25, 0.3) is 17.1 Å². The second kappa shape index (κ2) is 9.62. The van der Waals surface area contributed by atoms with Gasteiger partial charge in [-0.2, -0.15) is 0 Å². The van der Waals surface area contributed by atoms with E-state index < -0.39 is 0 Å². The molecule has 3 rings (SSSR count). The molecule has 1 N–H and O–H groups in total. The average molecular weight is 431 g/mol. The van der Waals surface area contributed by atoms with Crippen molar-refractivity contribution in [1.82, 2.24) is 10.2 Å². The molecule has 3 amide bonds. The van der Waals surface area contributed by atoms with Crippen LogP contribution >= 0.6 is 23.4 Å². The number of hydrogen-bond acceptors (Lipinski definition) is 5. The predicted molar refractivity (Wildman–Crippen MR) is 114 cm³/mol. The van der Waals surface area contributed by atoms with Crippen LogP contribution in [0.4, 0.5) is 4.79 Å². The zero-order valence-corrected chi connectivity index (χ0v) is 17.3. The van der Waals surface area contributed by atoms with Crippen molar-refractivity contribution in [2.75, 3.05) is 19.7 Å². The molecule has 0 bridgehead atoms. The molecule has 0 aromatic heterocycles. The van der Waals surface area contributed by atoms with Gasteiger partial charge in [0.1, 0.15) is 5.75 Å². The quantitative estimate of drug-likeness (QED) is 0.674. The van der Waals surface area contributed by atoms with Gasteiger partial charge >= 0.3 is 0 Å². The summed E-state index contributed by atoms with van der Waals surface area (Å²) in [5, 5.41) is 2.89. The van der Waals surface area contributed by atoms with Gasteiger partial charge in [0.15, 0.2) is 6.61 Å². The Kier molecular flexibility index (Phi) is 6.95. The fourth-order valence-electron chi connectivity index (χ4n) is 2.62. The first-order valence-electron chi connectivity index (χ1n) is 8.89. The zero-order chi connectivity index (χ0) is 20.8. The Morgan fingerprint density at radius 1 is 1.21 bits per heavy atom. The van der Waals surface area contributed by atoms with Gasteiger partial charge in [0.2, 0.25) is 0 Å². The van der Waals surface area contributed by atoms with Crippen LogP contribution in [0.3, 0.4) is 0 Å². The maximum atomic E-state index is 12.5. The first-order valence-corrected chi connectivity index (χ1v) is 10.1. The Bertz CT molecular complexity index is 959. The molecule has 0 atom stereocenters. The van der Waals surface area contributed by atoms with E-state index in [-0.39, 0.29) is 36.7 Å². The molecule has 0 spiro atoms. The minimum atomic E-state index is -0.375. The Balaban J connectivity index is 1.47. The van der Waals surface area contributed by atoms with E-state index in [2.05, 4.69) is 5.32 Å². The van der Waals surface area contributed by atoms with Gasteiger partial charge in [-0.25, -0.2) is 0 Å². The van der Waals surface area contributed by atoms with E-state index in [1.807, 2.05) is 25.1 Å². The van der Waals surface area contributed by atoms with Crippen molar-refractivity contribution < 1.29 is 19.1 Å². The molecule has 0 unspecified atom stereocenters. The summed E-state index contributed by atoms with van der Waals surface area (Å²) in [6.07, 6.45) is 1.65. The third kappa shape index (κ3) is 5.85. The van der Waals surface area contributed by atoms with E-state index >= 15 is 0 Å². The first kappa shape index (κ1) is 21.0. The molecule has 1 aliphatic heterocycles. The van der Waals surface area contributed by atoms with Crippen LogP contribution in [-0.2, 0) is 9.59 Å². The molecular formula is C21H19ClN2O4S. The van der Waals surface area contributed by atoms with E-state index in [0.717, 1.165) is 27.8 Å². The molecule has 150 valence electrons. The maximum absolute atomic E-state index is 12.5. The number of ether oxygens (including phenoxy) is 1. The lowest BCUT2D eigenvalue weighted by atomic mass is 10.2. The lowest BCUT2D eigenvalue weighted by Gasteiger charge is -2.13. The lowest BCUT2D eigenvalue weighted by molar-refractivity contribution is -0.125. The largest absolute Gasteiger partial charge is 0.484 e. The minimum Gasteiger partial charge on any atom is -0.484 e. The molecule has 0 radical (unpaired) electrons. The Morgan fingerprint density at radius 2 is 1.97 bits per heavy atom. The van der Waals surface area contributed by atoms with E-state index in [0.29, 0.717) is 15.7 Å². The second-order valence-electron chi connectivity index (χ2n) is 6.34. The third-order valence-electron chi connectivity index (χ3n) is 4.06. The third-order valence-corrected chi connectivity index (χ3v) is 5.22. The maximum Gasteiger partial charge on any atom is 0.293 e. The molecule has 8 heteroatoms. The summed E-state index contributed by atoms with van der Waals surface area (Å²) >= 11 is 6.73. The number of thioether (sulfide) groups is 1. The molecule has 1 fully saturated rings. The van der Waals surface area contributed by atoms with Crippen molar-refractivity contribution >= 4 is 46.5 Å². The van der Waals surface area contributed by atoms with Crippen LogP contribution in [0.25, 0.3) is 6.08 Å². The van der Waals surface area contributed by atoms with Gasteiger partial charge in [0, 0.05) is 18.1 Å². The molecule has 1 heterocycles. The molecule has 2 aromatic carbocycles. The molecule has 1 saturated heterocycles. The number of nitrogens with zero attached hydrogens (tertiary/aromatic N) is 1. The van der Waals surface area contributed by atoms with Gasteiger partial charge in [0.05, 0.1) is 4.91 Å². The summed E-state index contributed by atoms with van der Waals surface area (Å²) in [6, 6.07) is 14.4. The number of amides is 3. The smallest absolute Gasteiger partial charge is 0.293 e. The number of hydrogen-bond donors (Lipinski definition) is 1. The van der Waals surface area contributed by atoms with Crippen molar-refractivity contribution in [3.05, 3.63) is 69.6 Å². The van der Waals surface area contributed by atoms with Crippen LogP contribution in [0.15, 0.2) is 53.4 Å². The normalized spacial score (nSPS) is 15.1. The SMILES string of the molecule is Cc1cccc(OCC(=O)NCCN2C(=O)SC(=Cc3ccc(Cl)cc3)C2=O)c1. The number of halogens is 1. The topological polar surface area (TPSA) is 75.7 Å². The summed E-state index contributed by atoms with van der Waals surface area (Å²) < 4.78 is 5.42. The van der Waals surface area contributed by atoms with Crippen molar-refractivity contribution in [3.8, 4) is 5.75 Å². The van der Waals surface area contributed by atoms with Crippen molar-refractivity contribution in [1.29, 1.82) is 0 Å². The van der Waals surface area contributed by atoms with Crippen LogP contribution in [0.5, 0.6) is 5.75 Å². The van der Waals surface area contributed by atoms with Crippen LogP contribution < -0.4 is 10.1 Å². The predicted octanol–water partition coefficient (Wildman–Crippen LogP) is 3.88. The van der Waals surface area contributed by atoms with Crippen molar-refractivity contribution in [3.63, 3.8) is 0 Å². The van der Waals surface area contributed by atoms with Crippen LogP contribution in [0.2, 0.25) is 5.02 Å². The number of benzene rings is 2. The minimum absolute atomic E-state index is 0.0960. The highest BCUT2D eigenvalue weighted by atomic mass is 35.5. The van der Waals surface area contributed by atoms with Crippen LogP contribution in [0.1, 0.15) is 11.1 Å². The Hall–Kier alpha value is -2.77. The average Bonchev–Trinajstić information content (AvgIpc) is 2.95. The molecule has 1 aliphatic rings. The van der Waals surface area contributed by atoms with Crippen LogP contribution in [0, 0.1) is 6.92 Å². The molecule has 0 aliphatic carbocycles. The van der Waals surface area contributed by atoms with E-state index in [4.69, 9.17) is 16.3 Å². The van der Waals surface area contributed by atoms with E-state index in [1.165, 1.54) is 0 Å². The number of rotatable bonds is 7. The first-order chi connectivity index (χ1) is 13.9. The second-order valence-corrected chi connectivity index (χ2v) is 7.77. The molecule has 29 heavy (non-hydrogen) atoms. The molecule has 2 aromatic rings. The van der Waals surface area contributed by atoms with Gasteiger partial charge < -0.3 is 10.1 Å². The number of nitrogens with one attached hydrogen (secondary N) is 1. The summed E-state index contributed by atoms with van der Waals surface area (Å²) in [4.78, 5) is 38.0. The molecular weight excluding hydrogens is 412 g/mol. The Labute approximate surface area is 177 Å². The van der Waals surface area contributed by atoms with E-state index in [9.17, 15) is 14.4 Å². The fraction of sp³-hybridized carbons (Fsp3) is 0.190. The number of carbonyl (C=O) groups is 3. The van der Waals surface area contributed by atoms with Crippen molar-refractivity contribution in [2.24, 2.45) is 0 Å². The van der Waals surface area contributed by atoms with Gasteiger partial charge in [-0.3, -0.25) is 19.3 Å². The molecule has 0 saturated carbocycles. The monoisotopic (exact) mass is 430 g/mol. The number of aryl methyl sites for hydroxylation is 1. The zero-order valence-electron chi connectivity index (χ0n) is 15.7. The highest BCUT2D eigenvalue weighted by molar-refractivity contribution is 8.18. The van der Waals surface area contributed by atoms with Crippen molar-refractivity contribution in [2.45, 2.75) is 6.92 Å². The standard InChI is InChI=1S/C21H19ClN2O4S/c1-14-3-2-4-17(11-14)28-13-19(25)23-9-10-24-20(26)18(29-21(24)27)12-15-5-7-16(22)8-6-15/h2-8,11-12H,9-10,13H2,1H3,(H,23,25). The van der Waals surface area contributed by atoms with Gasteiger partial charge in [-0.15, -0.1) is 0 Å². The highest BCUT2D eigenvalue weighted by Gasteiger charge is 2.34. The van der Waals surface area contributed by atoms with E-state index in [1.54, 1.807) is 36.4 Å². The summed E-state index contributed by atoms with van der Waals surface area (Å²) in [7, 11) is 0. The summed E-state index contributed by atoms with van der Waals surface area (Å²) in [6.45, 7) is 2.05. The summed E-state index contributed by atoms with van der Waals surface area (Å²) in [5.74, 6) is -0.0891. The lowest BCUT2D eigenvalue weighted by Crippen LogP contribution is -2.38. The number of carbonyl (C=O) groups excluding carboxylic acids is 3. The number of imide groups is 1. The summed E-state index contributed by atoms with van der Waals surface area (Å²) in [5.41, 5.74) is 1.82.